The van der Waals surface area contributed by atoms with Gasteiger partial charge in [0.25, 0.3) is 5.56 Å². The molecule has 0 bridgehead atoms. The number of amides is 1. The molecule has 1 aromatic heterocycles. The first-order chi connectivity index (χ1) is 16.3. The van der Waals surface area contributed by atoms with Crippen LogP contribution in [-0.4, -0.2) is 31.3 Å². The second-order valence-corrected chi connectivity index (χ2v) is 8.71. The van der Waals surface area contributed by atoms with Gasteiger partial charge in [-0.3, -0.25) is 19.1 Å². The molecule has 0 aliphatic carbocycles. The molecule has 0 fully saturated rings. The highest BCUT2D eigenvalue weighted by molar-refractivity contribution is 6.04. The van der Waals surface area contributed by atoms with Crippen molar-refractivity contribution in [2.75, 3.05) is 0 Å². The molecule has 1 unspecified atom stereocenters. The first-order valence-corrected chi connectivity index (χ1v) is 11.4. The molecule has 0 saturated heterocycles. The number of hydrogen-bond donors (Lipinski definition) is 2. The molecule has 8 heteroatoms. The maximum absolute atomic E-state index is 12.7. The van der Waals surface area contributed by atoms with Crippen molar-refractivity contribution in [2.24, 2.45) is 5.10 Å². The second kappa shape index (κ2) is 9.51. The van der Waals surface area contributed by atoms with Crippen LogP contribution in [0.1, 0.15) is 67.8 Å². The zero-order chi connectivity index (χ0) is 24.4. The van der Waals surface area contributed by atoms with Crippen molar-refractivity contribution in [1.29, 1.82) is 0 Å². The zero-order valence-electron chi connectivity index (χ0n) is 19.5. The van der Waals surface area contributed by atoms with Crippen LogP contribution in [-0.2, 0) is 11.3 Å². The van der Waals surface area contributed by atoms with E-state index in [2.05, 4.69) is 23.9 Å². The van der Waals surface area contributed by atoms with Gasteiger partial charge in [0.15, 0.2) is 0 Å². The van der Waals surface area contributed by atoms with Crippen molar-refractivity contribution < 1.29 is 9.90 Å². The summed E-state index contributed by atoms with van der Waals surface area (Å²) in [5, 5.41) is 16.8. The first kappa shape index (κ1) is 23.2. The molecule has 2 N–H and O–H groups in total. The van der Waals surface area contributed by atoms with Gasteiger partial charge in [-0.2, -0.15) is 5.10 Å². The van der Waals surface area contributed by atoms with Gasteiger partial charge in [0.1, 0.15) is 5.56 Å². The Hall–Kier alpha value is -3.94. The molecule has 0 saturated carbocycles. The summed E-state index contributed by atoms with van der Waals surface area (Å²) >= 11 is 0. The quantitative estimate of drug-likeness (QED) is 0.587. The van der Waals surface area contributed by atoms with Gasteiger partial charge >= 0.3 is 5.69 Å². The largest absolute Gasteiger partial charge is 0.494 e. The minimum Gasteiger partial charge on any atom is -0.494 e. The fourth-order valence-corrected chi connectivity index (χ4v) is 4.15. The number of hydrazone groups is 1. The third kappa shape index (κ3) is 4.44. The van der Waals surface area contributed by atoms with Crippen LogP contribution in [0.25, 0.3) is 0 Å². The van der Waals surface area contributed by atoms with E-state index < -0.39 is 23.2 Å². The number of rotatable bonds is 6. The summed E-state index contributed by atoms with van der Waals surface area (Å²) in [7, 11) is 0. The third-order valence-corrected chi connectivity index (χ3v) is 6.10. The Morgan fingerprint density at radius 3 is 2.41 bits per heavy atom. The van der Waals surface area contributed by atoms with Gasteiger partial charge < -0.3 is 5.11 Å². The van der Waals surface area contributed by atoms with E-state index in [1.807, 2.05) is 54.6 Å². The predicted molar refractivity (Wildman–Crippen MR) is 130 cm³/mol. The molecule has 2 heterocycles. The lowest BCUT2D eigenvalue weighted by molar-refractivity contribution is -0.132. The summed E-state index contributed by atoms with van der Waals surface area (Å²) in [5.41, 5.74) is 1.58. The number of carbonyl (C=O) groups is 1. The summed E-state index contributed by atoms with van der Waals surface area (Å²) in [6.45, 7) is 6.05. The fourth-order valence-electron chi connectivity index (χ4n) is 4.15. The molecule has 1 aliphatic heterocycles. The van der Waals surface area contributed by atoms with E-state index >= 15 is 0 Å². The molecular formula is C26H28N4O4. The van der Waals surface area contributed by atoms with Crippen LogP contribution in [0.5, 0.6) is 5.88 Å². The molecule has 3 aromatic rings. The lowest BCUT2D eigenvalue weighted by Gasteiger charge is -2.22. The van der Waals surface area contributed by atoms with Crippen molar-refractivity contribution in [2.45, 2.75) is 52.1 Å². The van der Waals surface area contributed by atoms with E-state index in [-0.39, 0.29) is 36.6 Å². The van der Waals surface area contributed by atoms with Crippen LogP contribution in [0.4, 0.5) is 0 Å². The Kier molecular flexibility index (Phi) is 6.49. The summed E-state index contributed by atoms with van der Waals surface area (Å²) in [4.78, 5) is 40.2. The number of aromatic nitrogens is 2. The number of hydrogen-bond acceptors (Lipinski definition) is 5. The molecule has 0 spiro atoms. The standard InChI is InChI=1S/C26H28N4O4/c1-4-22(31)30-21(19-12-10-18(11-13-19)16(2)3)14-20(28-30)23-24(32)27-26(34)29(25(23)33)15-17-8-6-5-7-9-17/h5-13,16,21,33H,4,14-15H2,1-3H3,(H,27,32,34). The van der Waals surface area contributed by atoms with Crippen LogP contribution in [0, 0.1) is 0 Å². The predicted octanol–water partition coefficient (Wildman–Crippen LogP) is 3.50. The summed E-state index contributed by atoms with van der Waals surface area (Å²) < 4.78 is 1.10. The van der Waals surface area contributed by atoms with Gasteiger partial charge in [0, 0.05) is 12.8 Å². The Labute approximate surface area is 197 Å². The number of H-pyrrole nitrogens is 1. The number of carbonyl (C=O) groups excluding carboxylic acids is 1. The molecule has 8 nitrogen and oxygen atoms in total. The molecule has 1 amide bonds. The number of aromatic hydroxyl groups is 1. The maximum atomic E-state index is 12.7. The normalized spacial score (nSPS) is 15.6. The second-order valence-electron chi connectivity index (χ2n) is 8.71. The van der Waals surface area contributed by atoms with Crippen LogP contribution in [0.3, 0.4) is 0 Å². The lowest BCUT2D eigenvalue weighted by atomic mass is 9.95. The van der Waals surface area contributed by atoms with Gasteiger partial charge in [-0.25, -0.2) is 9.80 Å². The van der Waals surface area contributed by atoms with Crippen LogP contribution in [0.15, 0.2) is 69.3 Å². The molecular weight excluding hydrogens is 432 g/mol. The SMILES string of the molecule is CCC(=O)N1N=C(c2c(O)n(Cc3ccccc3)c(=O)[nH]c2=O)CC1c1ccc(C(C)C)cc1. The highest BCUT2D eigenvalue weighted by atomic mass is 16.3. The maximum Gasteiger partial charge on any atom is 0.331 e. The van der Waals surface area contributed by atoms with E-state index in [4.69, 9.17) is 0 Å². The monoisotopic (exact) mass is 460 g/mol. The smallest absolute Gasteiger partial charge is 0.331 e. The highest BCUT2D eigenvalue weighted by Gasteiger charge is 2.35. The van der Waals surface area contributed by atoms with Gasteiger partial charge in [0.05, 0.1) is 18.3 Å². The van der Waals surface area contributed by atoms with E-state index in [1.165, 1.54) is 10.6 Å². The average molecular weight is 461 g/mol. The van der Waals surface area contributed by atoms with E-state index in [0.717, 1.165) is 15.7 Å². The highest BCUT2D eigenvalue weighted by Crippen LogP contribution is 2.34. The van der Waals surface area contributed by atoms with Gasteiger partial charge in [0.2, 0.25) is 11.8 Å². The number of benzene rings is 2. The van der Waals surface area contributed by atoms with Crippen molar-refractivity contribution in [3.63, 3.8) is 0 Å². The van der Waals surface area contributed by atoms with E-state index in [1.54, 1.807) is 6.92 Å². The Morgan fingerprint density at radius 1 is 1.12 bits per heavy atom. The van der Waals surface area contributed by atoms with Crippen LogP contribution < -0.4 is 11.2 Å². The van der Waals surface area contributed by atoms with Crippen molar-refractivity contribution in [3.8, 4) is 5.88 Å². The van der Waals surface area contributed by atoms with Gasteiger partial charge in [-0.05, 0) is 22.6 Å². The molecule has 176 valence electrons. The minimum absolute atomic E-state index is 0.0836. The molecule has 0 radical (unpaired) electrons. The summed E-state index contributed by atoms with van der Waals surface area (Å²) in [6, 6.07) is 16.7. The zero-order valence-corrected chi connectivity index (χ0v) is 19.5. The molecule has 1 atom stereocenters. The number of nitrogens with zero attached hydrogens (tertiary/aromatic N) is 3. The number of aromatic amines is 1. The topological polar surface area (TPSA) is 108 Å². The van der Waals surface area contributed by atoms with E-state index in [0.29, 0.717) is 5.92 Å². The van der Waals surface area contributed by atoms with Gasteiger partial charge in [-0.1, -0.05) is 75.4 Å². The Morgan fingerprint density at radius 2 is 1.79 bits per heavy atom. The molecule has 34 heavy (non-hydrogen) atoms. The van der Waals surface area contributed by atoms with Crippen LogP contribution >= 0.6 is 0 Å². The van der Waals surface area contributed by atoms with Crippen molar-refractivity contribution in [3.05, 3.63) is 97.7 Å². The van der Waals surface area contributed by atoms with Crippen LogP contribution in [0.2, 0.25) is 0 Å². The summed E-state index contributed by atoms with van der Waals surface area (Å²) in [5.74, 6) is -0.281. The Balaban J connectivity index is 1.75. The van der Waals surface area contributed by atoms with E-state index in [9.17, 15) is 19.5 Å². The average Bonchev–Trinajstić information content (AvgIpc) is 3.26. The van der Waals surface area contributed by atoms with Crippen molar-refractivity contribution in [1.82, 2.24) is 14.6 Å². The molecule has 2 aromatic carbocycles. The number of nitrogens with one attached hydrogen (secondary N) is 1. The third-order valence-electron chi connectivity index (χ3n) is 6.10. The lowest BCUT2D eigenvalue weighted by Crippen LogP contribution is -2.34. The van der Waals surface area contributed by atoms with Gasteiger partial charge in [-0.15, -0.1) is 0 Å². The molecule has 4 rings (SSSR count). The Bertz CT molecular complexity index is 1340. The van der Waals surface area contributed by atoms with Crippen molar-refractivity contribution >= 4 is 11.6 Å². The molecule has 1 aliphatic rings. The fraction of sp³-hybridized carbons (Fsp3) is 0.308. The summed E-state index contributed by atoms with van der Waals surface area (Å²) in [6.07, 6.45) is 0.486. The minimum atomic E-state index is -0.731. The first-order valence-electron chi connectivity index (χ1n) is 11.4.